The molecule has 2 aromatic heterocycles. The van der Waals surface area contributed by atoms with E-state index in [-0.39, 0.29) is 11.2 Å². The van der Waals surface area contributed by atoms with Crippen LogP contribution in [0, 0.1) is 17.3 Å². The zero-order valence-corrected chi connectivity index (χ0v) is 17.8. The highest BCUT2D eigenvalue weighted by atomic mass is 35.5. The maximum Gasteiger partial charge on any atom is 0.234 e. The van der Waals surface area contributed by atoms with Gasteiger partial charge in [0.05, 0.1) is 34.9 Å². The van der Waals surface area contributed by atoms with Crippen LogP contribution in [0.5, 0.6) is 0 Å². The average molecular weight is 435 g/mol. The van der Waals surface area contributed by atoms with Crippen molar-refractivity contribution in [1.29, 1.82) is 5.41 Å². The highest BCUT2D eigenvalue weighted by Gasteiger charge is 2.57. The summed E-state index contributed by atoms with van der Waals surface area (Å²) in [5.41, 5.74) is 1.09. The third-order valence-corrected chi connectivity index (χ3v) is 8.53. The number of hydrogen-bond donors (Lipinski definition) is 2. The van der Waals surface area contributed by atoms with Crippen molar-refractivity contribution in [3.63, 3.8) is 0 Å². The molecule has 4 heterocycles. The van der Waals surface area contributed by atoms with Gasteiger partial charge in [-0.15, -0.1) is 17.3 Å². The van der Waals surface area contributed by atoms with Gasteiger partial charge in [-0.2, -0.15) is 4.31 Å². The molecule has 2 saturated heterocycles. The highest BCUT2D eigenvalue weighted by molar-refractivity contribution is 7.90. The minimum Gasteiger partial charge on any atom is -0.592 e. The number of rotatable bonds is 2. The van der Waals surface area contributed by atoms with E-state index < -0.39 is 16.9 Å². The fourth-order valence-corrected chi connectivity index (χ4v) is 6.84. The topological polar surface area (TPSA) is 84.3 Å². The number of guanidine groups is 1. The van der Waals surface area contributed by atoms with Crippen LogP contribution in [0.1, 0.15) is 23.8 Å². The van der Waals surface area contributed by atoms with Gasteiger partial charge >= 0.3 is 0 Å². The van der Waals surface area contributed by atoms with E-state index in [0.717, 1.165) is 20.9 Å². The summed E-state index contributed by atoms with van der Waals surface area (Å²) in [6.45, 7) is 2.66. The van der Waals surface area contributed by atoms with Crippen molar-refractivity contribution < 1.29 is 9.29 Å². The van der Waals surface area contributed by atoms with Gasteiger partial charge < -0.3 is 14.6 Å². The first-order chi connectivity index (χ1) is 13.5. The Bertz CT molecular complexity index is 986. The number of aromatic nitrogens is 1. The Labute approximate surface area is 176 Å². The Morgan fingerprint density at radius 2 is 2.32 bits per heavy atom. The lowest BCUT2D eigenvalue weighted by atomic mass is 9.87. The molecule has 3 atom stereocenters. The molecule has 2 N–H and O–H groups in total. The number of nitrogens with zero attached hydrogens (tertiary/aromatic N) is 2. The predicted molar refractivity (Wildman–Crippen MR) is 113 cm³/mol. The molecular formula is C19H19ClN4O2S2. The van der Waals surface area contributed by atoms with Crippen molar-refractivity contribution in [2.75, 3.05) is 20.3 Å². The summed E-state index contributed by atoms with van der Waals surface area (Å²) in [5.74, 6) is 6.03. The number of ether oxygens (including phenoxy) is 1. The summed E-state index contributed by atoms with van der Waals surface area (Å²) in [4.78, 5) is 6.13. The van der Waals surface area contributed by atoms with Crippen molar-refractivity contribution in [3.8, 4) is 22.3 Å². The SMILES string of the molecule is CC#Cc1cncc(-c2cc(Cl)c(C34CCOCC3[S+]([O-])N(C)C(=N)N4)s2)c1. The quantitative estimate of drug-likeness (QED) is 0.560. The summed E-state index contributed by atoms with van der Waals surface area (Å²) in [7, 11) is 1.65. The van der Waals surface area contributed by atoms with E-state index >= 15 is 0 Å². The molecule has 0 bridgehead atoms. The van der Waals surface area contributed by atoms with Crippen LogP contribution < -0.4 is 5.32 Å². The van der Waals surface area contributed by atoms with E-state index in [4.69, 9.17) is 21.7 Å². The molecule has 0 amide bonds. The summed E-state index contributed by atoms with van der Waals surface area (Å²) in [5, 5.41) is 11.8. The molecular weight excluding hydrogens is 416 g/mol. The van der Waals surface area contributed by atoms with Crippen molar-refractivity contribution in [2.24, 2.45) is 0 Å². The average Bonchev–Trinajstić information content (AvgIpc) is 3.09. The minimum atomic E-state index is -1.38. The van der Waals surface area contributed by atoms with Gasteiger partial charge in [-0.3, -0.25) is 10.4 Å². The van der Waals surface area contributed by atoms with Crippen LogP contribution in [0.15, 0.2) is 24.5 Å². The molecule has 2 fully saturated rings. The molecule has 2 aromatic rings. The molecule has 4 rings (SSSR count). The third kappa shape index (κ3) is 3.17. The number of fused-ring (bicyclic) bond motifs is 1. The van der Waals surface area contributed by atoms with Gasteiger partial charge in [0.25, 0.3) is 0 Å². The Balaban J connectivity index is 1.79. The lowest BCUT2D eigenvalue weighted by Crippen LogP contribution is -2.69. The van der Waals surface area contributed by atoms with E-state index in [1.807, 2.05) is 12.1 Å². The van der Waals surface area contributed by atoms with Gasteiger partial charge in [0.15, 0.2) is 5.25 Å². The lowest BCUT2D eigenvalue weighted by molar-refractivity contribution is 0.0442. The van der Waals surface area contributed by atoms with Crippen molar-refractivity contribution in [1.82, 2.24) is 14.6 Å². The molecule has 0 saturated carbocycles. The third-order valence-electron chi connectivity index (χ3n) is 5.01. The standard InChI is InChI=1S/C19H19ClN4O2S2/c1-3-4-12-7-13(10-22-9-12)15-8-14(20)17(27-15)19-5-6-26-11-16(19)28(25)24(2)18(21)23-19/h7-10,16H,5-6,11H2,1-2H3,(H2,21,23). The predicted octanol–water partition coefficient (Wildman–Crippen LogP) is 2.95. The van der Waals surface area contributed by atoms with E-state index in [0.29, 0.717) is 24.7 Å². The number of thiophene rings is 1. The maximum absolute atomic E-state index is 13.0. The number of hydrogen-bond acceptors (Lipinski definition) is 5. The first kappa shape index (κ1) is 19.6. The first-order valence-corrected chi connectivity index (χ1v) is 11.1. The Kier molecular flexibility index (Phi) is 5.29. The normalized spacial score (nSPS) is 26.9. The smallest absolute Gasteiger partial charge is 0.234 e. The number of pyridine rings is 1. The monoisotopic (exact) mass is 434 g/mol. The minimum absolute atomic E-state index is 0.129. The fraction of sp³-hybridized carbons (Fsp3) is 0.368. The van der Waals surface area contributed by atoms with Crippen molar-refractivity contribution >= 4 is 40.3 Å². The Morgan fingerprint density at radius 1 is 1.50 bits per heavy atom. The van der Waals surface area contributed by atoms with Crippen LogP contribution in [0.4, 0.5) is 0 Å². The molecule has 6 nitrogen and oxygen atoms in total. The number of nitrogens with one attached hydrogen (secondary N) is 2. The summed E-state index contributed by atoms with van der Waals surface area (Å²) in [6.07, 6.45) is 4.11. The van der Waals surface area contributed by atoms with Gasteiger partial charge in [0, 0.05) is 41.4 Å². The largest absolute Gasteiger partial charge is 0.592 e. The molecule has 0 radical (unpaired) electrons. The Morgan fingerprint density at radius 3 is 3.11 bits per heavy atom. The van der Waals surface area contributed by atoms with Gasteiger partial charge in [-0.25, -0.2) is 0 Å². The van der Waals surface area contributed by atoms with Gasteiger partial charge in [0.2, 0.25) is 5.96 Å². The van der Waals surface area contributed by atoms with Gasteiger partial charge in [0.1, 0.15) is 5.54 Å². The number of halogens is 1. The Hall–Kier alpha value is -1.76. The summed E-state index contributed by atoms with van der Waals surface area (Å²) < 4.78 is 20.0. The zero-order chi connectivity index (χ0) is 19.9. The van der Waals surface area contributed by atoms with Crippen LogP contribution in [0.2, 0.25) is 5.02 Å². The lowest BCUT2D eigenvalue weighted by Gasteiger charge is -2.49. The van der Waals surface area contributed by atoms with Gasteiger partial charge in [-0.05, 0) is 19.1 Å². The van der Waals surface area contributed by atoms with Crippen LogP contribution >= 0.6 is 22.9 Å². The molecule has 146 valence electrons. The zero-order valence-electron chi connectivity index (χ0n) is 15.4. The highest BCUT2D eigenvalue weighted by Crippen LogP contribution is 2.48. The van der Waals surface area contributed by atoms with Crippen molar-refractivity contribution in [2.45, 2.75) is 24.1 Å². The molecule has 9 heteroatoms. The van der Waals surface area contributed by atoms with Crippen molar-refractivity contribution in [3.05, 3.63) is 40.0 Å². The fourth-order valence-electron chi connectivity index (χ4n) is 3.59. The first-order valence-electron chi connectivity index (χ1n) is 8.73. The van der Waals surface area contributed by atoms with E-state index in [1.165, 1.54) is 15.6 Å². The van der Waals surface area contributed by atoms with Crippen LogP contribution in [-0.2, 0) is 21.6 Å². The second kappa shape index (κ2) is 7.58. The molecule has 28 heavy (non-hydrogen) atoms. The van der Waals surface area contributed by atoms with E-state index in [9.17, 15) is 4.55 Å². The summed E-state index contributed by atoms with van der Waals surface area (Å²) in [6, 6.07) is 3.90. The maximum atomic E-state index is 13.0. The van der Waals surface area contributed by atoms with Gasteiger partial charge in [-0.1, -0.05) is 17.5 Å². The van der Waals surface area contributed by atoms with E-state index in [2.05, 4.69) is 22.1 Å². The molecule has 0 aromatic carbocycles. The summed E-state index contributed by atoms with van der Waals surface area (Å²) >= 11 is 6.83. The van der Waals surface area contributed by atoms with Crippen LogP contribution in [-0.4, -0.2) is 45.3 Å². The molecule has 2 aliphatic heterocycles. The van der Waals surface area contributed by atoms with Crippen LogP contribution in [0.25, 0.3) is 10.4 Å². The molecule has 0 spiro atoms. The molecule has 2 aliphatic rings. The second-order valence-electron chi connectivity index (χ2n) is 6.66. The molecule has 0 aliphatic carbocycles. The molecule has 3 unspecified atom stereocenters. The van der Waals surface area contributed by atoms with Crippen LogP contribution in [0.3, 0.4) is 0 Å². The second-order valence-corrected chi connectivity index (χ2v) is 9.79. The van der Waals surface area contributed by atoms with E-state index in [1.54, 1.807) is 26.4 Å².